The predicted molar refractivity (Wildman–Crippen MR) is 114 cm³/mol. The fourth-order valence-electron chi connectivity index (χ4n) is 3.50. The zero-order valence-electron chi connectivity index (χ0n) is 17.1. The molecule has 0 saturated carbocycles. The Hall–Kier alpha value is -2.38. The van der Waals surface area contributed by atoms with Crippen LogP contribution in [0.15, 0.2) is 35.7 Å². The van der Waals surface area contributed by atoms with E-state index in [-0.39, 0.29) is 18.6 Å². The minimum Gasteiger partial charge on any atom is -0.445 e. The van der Waals surface area contributed by atoms with E-state index in [9.17, 15) is 14.7 Å². The zero-order valence-corrected chi connectivity index (χ0v) is 17.9. The first-order chi connectivity index (χ1) is 13.8. The van der Waals surface area contributed by atoms with Crippen LogP contribution in [0.4, 0.5) is 10.5 Å². The molecule has 0 atom stereocenters. The number of amides is 2. The fourth-order valence-corrected chi connectivity index (χ4v) is 4.39. The molecule has 0 unspecified atom stereocenters. The lowest BCUT2D eigenvalue weighted by atomic mass is 9.89. The number of carbonyl (C=O) groups is 2. The van der Waals surface area contributed by atoms with Crippen LogP contribution in [0, 0.1) is 6.92 Å². The molecule has 1 aliphatic rings. The molecule has 0 bridgehead atoms. The number of aryl methyl sites for hydroxylation is 1. The molecule has 1 aromatic heterocycles. The van der Waals surface area contributed by atoms with Gasteiger partial charge in [0.1, 0.15) is 12.2 Å². The summed E-state index contributed by atoms with van der Waals surface area (Å²) in [6, 6.07) is 9.64. The Balaban J connectivity index is 1.57. The summed E-state index contributed by atoms with van der Waals surface area (Å²) in [6.45, 7) is 6.50. The molecule has 1 fully saturated rings. The van der Waals surface area contributed by atoms with Gasteiger partial charge in [-0.15, -0.1) is 11.3 Å². The van der Waals surface area contributed by atoms with Crippen LogP contribution in [-0.2, 0) is 16.1 Å². The van der Waals surface area contributed by atoms with Crippen LogP contribution in [0.25, 0.3) is 0 Å². The lowest BCUT2D eigenvalue weighted by Crippen LogP contribution is -2.39. The molecule has 2 heterocycles. The third-order valence-electron chi connectivity index (χ3n) is 5.19. The van der Waals surface area contributed by atoms with Gasteiger partial charge in [0.15, 0.2) is 0 Å². The maximum atomic E-state index is 12.4. The van der Waals surface area contributed by atoms with E-state index in [1.165, 1.54) is 13.8 Å². The van der Waals surface area contributed by atoms with E-state index in [1.807, 2.05) is 42.6 Å². The van der Waals surface area contributed by atoms with E-state index < -0.39 is 11.5 Å². The van der Waals surface area contributed by atoms with Crippen LogP contribution in [0.2, 0.25) is 0 Å². The summed E-state index contributed by atoms with van der Waals surface area (Å²) in [5.74, 6) is -0.157. The van der Waals surface area contributed by atoms with Gasteiger partial charge in [-0.25, -0.2) is 4.79 Å². The molecule has 29 heavy (non-hydrogen) atoms. The number of piperidine rings is 1. The summed E-state index contributed by atoms with van der Waals surface area (Å²) in [7, 11) is 0. The lowest BCUT2D eigenvalue weighted by molar-refractivity contribution is -0.130. The van der Waals surface area contributed by atoms with Gasteiger partial charge in [-0.2, -0.15) is 0 Å². The van der Waals surface area contributed by atoms with Crippen molar-refractivity contribution in [2.75, 3.05) is 18.4 Å². The number of ether oxygens (including phenoxy) is 1. The van der Waals surface area contributed by atoms with Crippen molar-refractivity contribution in [1.29, 1.82) is 0 Å². The highest BCUT2D eigenvalue weighted by atomic mass is 32.1. The summed E-state index contributed by atoms with van der Waals surface area (Å²) in [5.41, 5.74) is 1.42. The van der Waals surface area contributed by atoms with E-state index in [0.717, 1.165) is 34.5 Å². The van der Waals surface area contributed by atoms with Crippen molar-refractivity contribution in [3.8, 4) is 0 Å². The smallest absolute Gasteiger partial charge is 0.410 e. The monoisotopic (exact) mass is 416 g/mol. The summed E-state index contributed by atoms with van der Waals surface area (Å²) < 4.78 is 5.44. The van der Waals surface area contributed by atoms with E-state index in [0.29, 0.717) is 13.1 Å². The van der Waals surface area contributed by atoms with Crippen LogP contribution in [0.3, 0.4) is 0 Å². The van der Waals surface area contributed by atoms with Crippen LogP contribution < -0.4 is 5.32 Å². The molecular formula is C22H28N2O4S. The highest BCUT2D eigenvalue weighted by Crippen LogP contribution is 2.39. The summed E-state index contributed by atoms with van der Waals surface area (Å²) in [4.78, 5) is 27.5. The second kappa shape index (κ2) is 8.97. The number of rotatable bonds is 5. The van der Waals surface area contributed by atoms with Gasteiger partial charge < -0.3 is 20.1 Å². The Labute approximate surface area is 175 Å². The van der Waals surface area contributed by atoms with Crippen molar-refractivity contribution in [3.63, 3.8) is 0 Å². The highest BCUT2D eigenvalue weighted by molar-refractivity contribution is 7.10. The number of thiophene rings is 1. The molecule has 1 saturated heterocycles. The van der Waals surface area contributed by atoms with Crippen LogP contribution >= 0.6 is 11.3 Å². The Morgan fingerprint density at radius 2 is 1.90 bits per heavy atom. The number of carbonyl (C=O) groups excluding carboxylic acids is 2. The van der Waals surface area contributed by atoms with Crippen molar-refractivity contribution in [1.82, 2.24) is 4.90 Å². The molecule has 0 radical (unpaired) electrons. The molecule has 2 N–H and O–H groups in total. The average Bonchev–Trinajstić information content (AvgIpc) is 3.06. The first-order valence-electron chi connectivity index (χ1n) is 9.83. The third-order valence-corrected chi connectivity index (χ3v) is 6.12. The Morgan fingerprint density at radius 3 is 2.52 bits per heavy atom. The average molecular weight is 417 g/mol. The number of likely N-dealkylation sites (tertiary alicyclic amines) is 1. The van der Waals surface area contributed by atoms with Gasteiger partial charge in [0, 0.05) is 23.3 Å². The predicted octanol–water partition coefficient (Wildman–Crippen LogP) is 4.28. The van der Waals surface area contributed by atoms with Crippen LogP contribution in [0.5, 0.6) is 0 Å². The molecule has 3 rings (SSSR count). The van der Waals surface area contributed by atoms with Crippen LogP contribution in [-0.4, -0.2) is 40.7 Å². The number of nitrogens with one attached hydrogen (secondary N) is 1. The number of benzene rings is 1. The molecule has 6 nitrogen and oxygen atoms in total. The Bertz CT molecular complexity index is 849. The Morgan fingerprint density at radius 1 is 1.24 bits per heavy atom. The fraction of sp³-hybridized carbons (Fsp3) is 0.455. The SMILES string of the molecule is Cc1scc(NC(=O)C(C)(C)O)c1C1CCN(C(=O)OCc2ccccc2)CC1. The maximum Gasteiger partial charge on any atom is 0.410 e. The van der Waals surface area contributed by atoms with E-state index >= 15 is 0 Å². The quantitative estimate of drug-likeness (QED) is 0.762. The zero-order chi connectivity index (χ0) is 21.0. The minimum atomic E-state index is -1.43. The summed E-state index contributed by atoms with van der Waals surface area (Å²) >= 11 is 1.59. The molecule has 2 aromatic rings. The van der Waals surface area contributed by atoms with Gasteiger partial charge in [-0.05, 0) is 50.7 Å². The Kier molecular flexibility index (Phi) is 6.59. The van der Waals surface area contributed by atoms with E-state index in [4.69, 9.17) is 4.74 Å². The molecule has 1 aliphatic heterocycles. The van der Waals surface area contributed by atoms with Crippen molar-refractivity contribution >= 4 is 29.0 Å². The number of hydrogen-bond donors (Lipinski definition) is 2. The first-order valence-corrected chi connectivity index (χ1v) is 10.7. The van der Waals surface area contributed by atoms with E-state index in [1.54, 1.807) is 16.2 Å². The standard InChI is InChI=1S/C22H28N2O4S/c1-15-19(18(14-29-15)23-20(25)22(2,3)27)17-9-11-24(12-10-17)21(26)28-13-16-7-5-4-6-8-16/h4-8,14,17,27H,9-13H2,1-3H3,(H,23,25). The molecule has 0 aliphatic carbocycles. The maximum absolute atomic E-state index is 12.4. The van der Waals surface area contributed by atoms with Crippen molar-refractivity contribution in [2.24, 2.45) is 0 Å². The molecule has 2 amide bonds. The van der Waals surface area contributed by atoms with Gasteiger partial charge in [-0.3, -0.25) is 4.79 Å². The molecule has 156 valence electrons. The van der Waals surface area contributed by atoms with Crippen molar-refractivity contribution < 1.29 is 19.4 Å². The summed E-state index contributed by atoms with van der Waals surface area (Å²) in [6.07, 6.45) is 1.33. The molecule has 7 heteroatoms. The van der Waals surface area contributed by atoms with Crippen molar-refractivity contribution in [3.05, 3.63) is 51.7 Å². The third kappa shape index (κ3) is 5.36. The number of hydrogen-bond acceptors (Lipinski definition) is 5. The molecular weight excluding hydrogens is 388 g/mol. The molecule has 1 aromatic carbocycles. The minimum absolute atomic E-state index is 0.261. The number of anilines is 1. The lowest BCUT2D eigenvalue weighted by Gasteiger charge is -2.32. The highest BCUT2D eigenvalue weighted by Gasteiger charge is 2.30. The van der Waals surface area contributed by atoms with Crippen molar-refractivity contribution in [2.45, 2.75) is 51.7 Å². The van der Waals surface area contributed by atoms with Gasteiger partial charge in [0.25, 0.3) is 5.91 Å². The second-order valence-electron chi connectivity index (χ2n) is 7.93. The van der Waals surface area contributed by atoms with Gasteiger partial charge in [0.05, 0.1) is 5.69 Å². The topological polar surface area (TPSA) is 78.9 Å². The van der Waals surface area contributed by atoms with Gasteiger partial charge in [0.2, 0.25) is 0 Å². The van der Waals surface area contributed by atoms with Gasteiger partial charge >= 0.3 is 6.09 Å². The molecule has 0 spiro atoms. The number of aliphatic hydroxyl groups is 1. The normalized spacial score (nSPS) is 15.2. The van der Waals surface area contributed by atoms with Crippen LogP contribution in [0.1, 0.15) is 48.6 Å². The van der Waals surface area contributed by atoms with E-state index in [2.05, 4.69) is 5.32 Å². The second-order valence-corrected chi connectivity index (χ2v) is 9.02. The first kappa shape index (κ1) is 21.3. The largest absolute Gasteiger partial charge is 0.445 e. The summed E-state index contributed by atoms with van der Waals surface area (Å²) in [5, 5.41) is 14.7. The van der Waals surface area contributed by atoms with Gasteiger partial charge in [-0.1, -0.05) is 30.3 Å². The number of nitrogens with zero attached hydrogens (tertiary/aromatic N) is 1.